The van der Waals surface area contributed by atoms with Gasteiger partial charge in [0.2, 0.25) is 5.95 Å². The first-order valence-electron chi connectivity index (χ1n) is 16.7. The van der Waals surface area contributed by atoms with Gasteiger partial charge in [-0.15, -0.1) is 10.6 Å². The van der Waals surface area contributed by atoms with Gasteiger partial charge in [-0.1, -0.05) is 6.07 Å². The van der Waals surface area contributed by atoms with Crippen LogP contribution < -0.4 is 25.9 Å². The van der Waals surface area contributed by atoms with Gasteiger partial charge in [-0.2, -0.15) is 10.4 Å². The number of hydrazone groups is 1. The number of ether oxygens (including phenoxy) is 4. The molecule has 2 aromatic heterocycles. The molecule has 3 aromatic rings. The molecule has 254 valence electrons. The summed E-state index contributed by atoms with van der Waals surface area (Å²) >= 11 is 0. The number of rotatable bonds is 13. The Hall–Kier alpha value is -4.49. The quantitative estimate of drug-likeness (QED) is 0.230. The predicted octanol–water partition coefficient (Wildman–Crippen LogP) is 3.36. The minimum Gasteiger partial charge on any atom is -0.487 e. The lowest BCUT2D eigenvalue weighted by Crippen LogP contribution is -2.52. The van der Waals surface area contributed by atoms with E-state index >= 15 is 0 Å². The van der Waals surface area contributed by atoms with Crippen molar-refractivity contribution in [1.82, 2.24) is 40.7 Å². The largest absolute Gasteiger partial charge is 0.487 e. The average molecular weight is 658 g/mol. The smallest absolute Gasteiger partial charge is 0.257 e. The second-order valence-corrected chi connectivity index (χ2v) is 12.8. The molecular weight excluding hydrogens is 614 g/mol. The Morgan fingerprint density at radius 1 is 1.02 bits per heavy atom. The highest BCUT2D eigenvalue weighted by atomic mass is 16.5. The minimum absolute atomic E-state index is 0.217. The number of hydrogen-bond acceptors (Lipinski definition) is 14. The first kappa shape index (κ1) is 32.1. The summed E-state index contributed by atoms with van der Waals surface area (Å²) in [6, 6.07) is 9.77. The Labute approximate surface area is 280 Å². The summed E-state index contributed by atoms with van der Waals surface area (Å²) in [6.45, 7) is 5.06. The van der Waals surface area contributed by atoms with E-state index in [1.807, 2.05) is 29.9 Å². The van der Waals surface area contributed by atoms with Crippen LogP contribution in [0.1, 0.15) is 57.1 Å². The standard InChI is InChI=1S/C33H43N11O4/c1-22(17-42-21-37-40-41-42)48-31-13-23(3-4-24(31)14-34)25-15-35-33(36-16-25)38-30-18-43(39-32(30)47-12-11-45-2)26-5-7-27(8-6-26)44-28-9-10-29(44)20-46-19-28/h3-4,13,15-16,18,21-22,26-29,40-41H,5-12,17,19-20H2,1-2H3,(H,35,36,38)/t22-,26?,27?,28-,29+/m0/s1. The molecule has 1 aromatic carbocycles. The van der Waals surface area contributed by atoms with Crippen molar-refractivity contribution in [2.75, 3.05) is 45.4 Å². The second kappa shape index (κ2) is 14.7. The van der Waals surface area contributed by atoms with Crippen molar-refractivity contribution in [2.45, 2.75) is 75.7 Å². The van der Waals surface area contributed by atoms with Crippen LogP contribution in [0.4, 0.5) is 11.6 Å². The molecule has 2 bridgehead atoms. The summed E-state index contributed by atoms with van der Waals surface area (Å²) in [4.78, 5) is 12.0. The van der Waals surface area contributed by atoms with Crippen molar-refractivity contribution in [3.63, 3.8) is 0 Å². The normalized spacial score (nSPS) is 24.2. The maximum Gasteiger partial charge on any atom is 0.257 e. The van der Waals surface area contributed by atoms with E-state index in [2.05, 4.69) is 42.4 Å². The lowest BCUT2D eigenvalue weighted by Gasteiger charge is -2.43. The highest BCUT2D eigenvalue weighted by molar-refractivity contribution is 5.67. The van der Waals surface area contributed by atoms with Crippen LogP contribution in [0.15, 0.2) is 41.9 Å². The van der Waals surface area contributed by atoms with E-state index in [1.165, 1.54) is 12.8 Å². The van der Waals surface area contributed by atoms with E-state index in [1.54, 1.807) is 36.9 Å². The monoisotopic (exact) mass is 657 g/mol. The number of morpholine rings is 1. The molecule has 3 fully saturated rings. The van der Waals surface area contributed by atoms with Gasteiger partial charge in [0.25, 0.3) is 5.88 Å². The number of hydrazine groups is 2. The third-order valence-electron chi connectivity index (χ3n) is 9.55. The van der Waals surface area contributed by atoms with E-state index in [9.17, 15) is 5.26 Å². The average Bonchev–Trinajstić information content (AvgIpc) is 3.83. The van der Waals surface area contributed by atoms with E-state index in [0.717, 1.165) is 50.0 Å². The Balaban J connectivity index is 1.02. The third kappa shape index (κ3) is 7.16. The molecule has 3 aliphatic heterocycles. The van der Waals surface area contributed by atoms with Crippen LogP contribution in [-0.2, 0) is 9.47 Å². The molecule has 0 spiro atoms. The van der Waals surface area contributed by atoms with Gasteiger partial charge in [-0.05, 0) is 63.1 Å². The number of aromatic nitrogens is 4. The molecule has 7 rings (SSSR count). The van der Waals surface area contributed by atoms with Gasteiger partial charge in [0.05, 0.1) is 44.2 Å². The number of fused-ring (bicyclic) bond motifs is 2. The van der Waals surface area contributed by atoms with Crippen LogP contribution in [0.2, 0.25) is 0 Å². The Kier molecular flexibility index (Phi) is 9.85. The maximum atomic E-state index is 9.67. The molecular formula is C33H43N11O4. The molecule has 1 aliphatic carbocycles. The molecule has 48 heavy (non-hydrogen) atoms. The summed E-state index contributed by atoms with van der Waals surface area (Å²) in [6.07, 6.45) is 13.9. The van der Waals surface area contributed by atoms with Gasteiger partial charge < -0.3 is 24.3 Å². The van der Waals surface area contributed by atoms with Gasteiger partial charge >= 0.3 is 0 Å². The van der Waals surface area contributed by atoms with Gasteiger partial charge in [0.15, 0.2) is 0 Å². The highest BCUT2D eigenvalue weighted by Gasteiger charge is 2.42. The fraction of sp³-hybridized carbons (Fsp3) is 0.545. The number of methoxy groups -OCH3 is 1. The van der Waals surface area contributed by atoms with Gasteiger partial charge in [-0.3, -0.25) is 14.6 Å². The zero-order valence-corrected chi connectivity index (χ0v) is 27.4. The first-order valence-corrected chi connectivity index (χ1v) is 16.7. The summed E-state index contributed by atoms with van der Waals surface area (Å²) in [7, 11) is 1.65. The molecule has 15 nitrogen and oxygen atoms in total. The number of nitriles is 1. The van der Waals surface area contributed by atoms with Crippen molar-refractivity contribution >= 4 is 18.0 Å². The molecule has 1 saturated carbocycles. The molecule has 15 heteroatoms. The molecule has 0 amide bonds. The fourth-order valence-corrected chi connectivity index (χ4v) is 7.25. The summed E-state index contributed by atoms with van der Waals surface area (Å²) in [5.41, 5.74) is 8.33. The minimum atomic E-state index is -0.217. The van der Waals surface area contributed by atoms with E-state index < -0.39 is 0 Å². The van der Waals surface area contributed by atoms with Crippen LogP contribution in [-0.4, -0.2) is 100 Å². The zero-order chi connectivity index (χ0) is 32.9. The van der Waals surface area contributed by atoms with Gasteiger partial charge in [0.1, 0.15) is 36.6 Å². The lowest BCUT2D eigenvalue weighted by molar-refractivity contribution is -0.0458. The van der Waals surface area contributed by atoms with Crippen LogP contribution >= 0.6 is 0 Å². The lowest BCUT2D eigenvalue weighted by atomic mass is 9.89. The molecule has 4 aliphatic rings. The van der Waals surface area contributed by atoms with E-state index in [0.29, 0.717) is 72.8 Å². The Morgan fingerprint density at radius 2 is 1.77 bits per heavy atom. The summed E-state index contributed by atoms with van der Waals surface area (Å²) < 4.78 is 25.2. The van der Waals surface area contributed by atoms with Crippen molar-refractivity contribution in [3.05, 3.63) is 42.4 Å². The van der Waals surface area contributed by atoms with E-state index in [4.69, 9.17) is 24.0 Å². The molecule has 3 N–H and O–H groups in total. The van der Waals surface area contributed by atoms with Crippen LogP contribution in [0.3, 0.4) is 0 Å². The van der Waals surface area contributed by atoms with Crippen molar-refractivity contribution < 1.29 is 18.9 Å². The number of nitrogens with one attached hydrogen (secondary N) is 3. The maximum absolute atomic E-state index is 9.67. The van der Waals surface area contributed by atoms with Crippen LogP contribution in [0.25, 0.3) is 11.1 Å². The number of anilines is 2. The third-order valence-corrected chi connectivity index (χ3v) is 9.55. The van der Waals surface area contributed by atoms with E-state index in [-0.39, 0.29) is 6.10 Å². The van der Waals surface area contributed by atoms with Crippen LogP contribution in [0.5, 0.6) is 11.6 Å². The molecule has 3 atom stereocenters. The van der Waals surface area contributed by atoms with Crippen molar-refractivity contribution in [2.24, 2.45) is 5.10 Å². The molecule has 0 radical (unpaired) electrons. The highest BCUT2D eigenvalue weighted by Crippen LogP contribution is 2.39. The predicted molar refractivity (Wildman–Crippen MR) is 177 cm³/mol. The summed E-state index contributed by atoms with van der Waals surface area (Å²) in [5, 5.41) is 23.5. The van der Waals surface area contributed by atoms with Crippen molar-refractivity contribution in [3.8, 4) is 28.8 Å². The topological polar surface area (TPSA) is 159 Å². The number of hydrogen-bond donors (Lipinski definition) is 3. The summed E-state index contributed by atoms with van der Waals surface area (Å²) in [5.74, 6) is 1.42. The Morgan fingerprint density at radius 3 is 2.48 bits per heavy atom. The van der Waals surface area contributed by atoms with Gasteiger partial charge in [0, 0.05) is 43.2 Å². The number of benzene rings is 1. The fourth-order valence-electron chi connectivity index (χ4n) is 7.25. The number of nitrogens with zero attached hydrogens (tertiary/aromatic N) is 8. The molecule has 0 unspecified atom stereocenters. The van der Waals surface area contributed by atoms with Crippen molar-refractivity contribution in [1.29, 1.82) is 5.26 Å². The Bertz CT molecular complexity index is 1590. The molecule has 5 heterocycles. The first-order chi connectivity index (χ1) is 23.6. The SMILES string of the molecule is COCCOc1nn(C2CCC(N3[C@@H]4CC[C@H]3COC4)CC2)cc1Nc1ncc(-c2ccc(C#N)c(O[C@@H](C)CN3C=NNN3)c2)cn1. The van der Waals surface area contributed by atoms with Crippen LogP contribution in [0, 0.1) is 11.3 Å². The molecule has 2 saturated heterocycles. The van der Waals surface area contributed by atoms with Gasteiger partial charge in [-0.25, -0.2) is 15.5 Å². The second-order valence-electron chi connectivity index (χ2n) is 12.8. The zero-order valence-electron chi connectivity index (χ0n) is 27.4.